The van der Waals surface area contributed by atoms with Crippen molar-refractivity contribution in [2.45, 2.75) is 39.3 Å². The minimum absolute atomic E-state index is 0.0828. The third-order valence-electron chi connectivity index (χ3n) is 3.33. The van der Waals surface area contributed by atoms with Crippen LogP contribution >= 0.6 is 11.3 Å². The van der Waals surface area contributed by atoms with Crippen LogP contribution < -0.4 is 5.32 Å². The lowest BCUT2D eigenvalue weighted by molar-refractivity contribution is -0.148. The van der Waals surface area contributed by atoms with Crippen LogP contribution in [0.15, 0.2) is 6.07 Å². The molecule has 5 heteroatoms. The van der Waals surface area contributed by atoms with Gasteiger partial charge in [0, 0.05) is 29.8 Å². The fraction of sp³-hybridized carbons (Fsp3) is 0.538. The molecule has 0 saturated carbocycles. The van der Waals surface area contributed by atoms with E-state index in [1.54, 1.807) is 18.4 Å². The minimum atomic E-state index is -0.229. The summed E-state index contributed by atoms with van der Waals surface area (Å²) in [5.74, 6) is -0.198. The van der Waals surface area contributed by atoms with Gasteiger partial charge in [0.1, 0.15) is 0 Å². The largest absolute Gasteiger partial charge is 0.302 e. The van der Waals surface area contributed by atoms with Gasteiger partial charge in [0.05, 0.1) is 6.04 Å². The van der Waals surface area contributed by atoms with E-state index in [2.05, 4.69) is 25.2 Å². The molecule has 0 aliphatic carbocycles. The van der Waals surface area contributed by atoms with Crippen LogP contribution in [0.5, 0.6) is 0 Å². The van der Waals surface area contributed by atoms with Gasteiger partial charge in [-0.3, -0.25) is 14.5 Å². The number of rotatable bonds is 3. The van der Waals surface area contributed by atoms with E-state index < -0.39 is 0 Å². The number of hydrogen-bond donors (Lipinski definition) is 1. The normalized spacial score (nSPS) is 20.6. The number of piperidine rings is 1. The Morgan fingerprint density at radius 1 is 1.44 bits per heavy atom. The average molecular weight is 266 g/mol. The molecule has 0 spiro atoms. The summed E-state index contributed by atoms with van der Waals surface area (Å²) in [5.41, 5.74) is 1.24. The Labute approximate surface area is 111 Å². The number of nitrogens with one attached hydrogen (secondary N) is 1. The van der Waals surface area contributed by atoms with Crippen molar-refractivity contribution in [2.75, 3.05) is 7.05 Å². The monoisotopic (exact) mass is 266 g/mol. The van der Waals surface area contributed by atoms with Gasteiger partial charge in [0.2, 0.25) is 11.8 Å². The summed E-state index contributed by atoms with van der Waals surface area (Å²) in [6.45, 7) is 4.86. The Balaban J connectivity index is 1.96. The van der Waals surface area contributed by atoms with Crippen molar-refractivity contribution in [1.82, 2.24) is 10.2 Å². The minimum Gasteiger partial charge on any atom is -0.302 e. The van der Waals surface area contributed by atoms with Crippen LogP contribution in [-0.2, 0) is 16.1 Å². The van der Waals surface area contributed by atoms with Gasteiger partial charge in [0.25, 0.3) is 0 Å². The highest BCUT2D eigenvalue weighted by Crippen LogP contribution is 2.21. The maximum atomic E-state index is 11.9. The molecule has 1 unspecified atom stereocenters. The lowest BCUT2D eigenvalue weighted by Crippen LogP contribution is -2.51. The Bertz CT molecular complexity index is 481. The van der Waals surface area contributed by atoms with Crippen LogP contribution in [0.4, 0.5) is 0 Å². The first-order valence-electron chi connectivity index (χ1n) is 6.08. The fourth-order valence-electron chi connectivity index (χ4n) is 2.20. The van der Waals surface area contributed by atoms with Gasteiger partial charge in [0.15, 0.2) is 0 Å². The highest BCUT2D eigenvalue weighted by molar-refractivity contribution is 7.12. The standard InChI is InChI=1S/C13H18N2O2S/c1-8-6-10(9(2)18-8)7-14-11-4-5-12(16)15(3)13(11)17/h6,11,14H,4-5,7H2,1-3H3. The molecule has 1 fully saturated rings. The number of amides is 2. The molecule has 0 bridgehead atoms. The Kier molecular flexibility index (Phi) is 3.82. The quantitative estimate of drug-likeness (QED) is 0.845. The molecule has 1 N–H and O–H groups in total. The molecule has 18 heavy (non-hydrogen) atoms. The zero-order valence-electron chi connectivity index (χ0n) is 10.9. The summed E-state index contributed by atoms with van der Waals surface area (Å²) >= 11 is 1.77. The second-order valence-electron chi connectivity index (χ2n) is 4.70. The van der Waals surface area contributed by atoms with Crippen molar-refractivity contribution in [3.63, 3.8) is 0 Å². The third-order valence-corrected chi connectivity index (χ3v) is 4.34. The second-order valence-corrected chi connectivity index (χ2v) is 6.16. The summed E-state index contributed by atoms with van der Waals surface area (Å²) in [6.07, 6.45) is 1.05. The highest BCUT2D eigenvalue weighted by atomic mass is 32.1. The van der Waals surface area contributed by atoms with Crippen LogP contribution in [0.3, 0.4) is 0 Å². The van der Waals surface area contributed by atoms with Gasteiger partial charge in [-0.1, -0.05) is 0 Å². The third kappa shape index (κ3) is 2.62. The van der Waals surface area contributed by atoms with E-state index in [-0.39, 0.29) is 17.9 Å². The topological polar surface area (TPSA) is 49.4 Å². The van der Waals surface area contributed by atoms with E-state index >= 15 is 0 Å². The molecule has 2 heterocycles. The Morgan fingerprint density at radius 2 is 2.17 bits per heavy atom. The van der Waals surface area contributed by atoms with Gasteiger partial charge >= 0.3 is 0 Å². The molecule has 1 aliphatic rings. The number of nitrogens with zero attached hydrogens (tertiary/aromatic N) is 1. The lowest BCUT2D eigenvalue weighted by atomic mass is 10.0. The van der Waals surface area contributed by atoms with E-state index in [0.717, 1.165) is 0 Å². The fourth-order valence-corrected chi connectivity index (χ4v) is 3.14. The summed E-state index contributed by atoms with van der Waals surface area (Å²) in [5, 5.41) is 3.26. The van der Waals surface area contributed by atoms with Gasteiger partial charge in [-0.25, -0.2) is 0 Å². The maximum absolute atomic E-state index is 11.9. The van der Waals surface area contributed by atoms with Crippen molar-refractivity contribution in [1.29, 1.82) is 0 Å². The first-order chi connectivity index (χ1) is 8.49. The zero-order chi connectivity index (χ0) is 13.3. The van der Waals surface area contributed by atoms with Crippen molar-refractivity contribution in [3.05, 3.63) is 21.4 Å². The molecule has 0 radical (unpaired) electrons. The number of carbonyl (C=O) groups excluding carboxylic acids is 2. The van der Waals surface area contributed by atoms with Crippen molar-refractivity contribution in [2.24, 2.45) is 0 Å². The molecule has 1 aromatic heterocycles. The number of aryl methyl sites for hydroxylation is 2. The maximum Gasteiger partial charge on any atom is 0.246 e. The van der Waals surface area contributed by atoms with Crippen LogP contribution in [0, 0.1) is 13.8 Å². The van der Waals surface area contributed by atoms with E-state index in [9.17, 15) is 9.59 Å². The summed E-state index contributed by atoms with van der Waals surface area (Å²) < 4.78 is 0. The smallest absolute Gasteiger partial charge is 0.246 e. The number of thiophene rings is 1. The molecule has 2 rings (SSSR count). The van der Waals surface area contributed by atoms with E-state index in [4.69, 9.17) is 0 Å². The highest BCUT2D eigenvalue weighted by Gasteiger charge is 2.31. The van der Waals surface area contributed by atoms with Crippen molar-refractivity contribution >= 4 is 23.2 Å². The van der Waals surface area contributed by atoms with E-state index in [1.165, 1.54) is 20.2 Å². The molecule has 1 aromatic rings. The Morgan fingerprint density at radius 3 is 2.78 bits per heavy atom. The Hall–Kier alpha value is -1.20. The number of hydrogen-bond acceptors (Lipinski definition) is 4. The first-order valence-corrected chi connectivity index (χ1v) is 6.90. The molecule has 1 aliphatic heterocycles. The summed E-state index contributed by atoms with van der Waals surface area (Å²) in [4.78, 5) is 27.1. The number of likely N-dealkylation sites (N-methyl/N-ethyl adjacent to an activating group) is 1. The molecule has 1 saturated heterocycles. The van der Waals surface area contributed by atoms with Crippen LogP contribution in [0.25, 0.3) is 0 Å². The van der Waals surface area contributed by atoms with Crippen LogP contribution in [0.2, 0.25) is 0 Å². The van der Waals surface area contributed by atoms with Gasteiger partial charge in [-0.2, -0.15) is 0 Å². The van der Waals surface area contributed by atoms with Crippen molar-refractivity contribution < 1.29 is 9.59 Å². The van der Waals surface area contributed by atoms with E-state index in [1.807, 2.05) is 0 Å². The van der Waals surface area contributed by atoms with Gasteiger partial charge < -0.3 is 5.32 Å². The molecule has 2 amide bonds. The molecular formula is C13H18N2O2S. The van der Waals surface area contributed by atoms with Crippen molar-refractivity contribution in [3.8, 4) is 0 Å². The van der Waals surface area contributed by atoms with Gasteiger partial charge in [-0.05, 0) is 31.9 Å². The molecule has 4 nitrogen and oxygen atoms in total. The molecule has 98 valence electrons. The number of likely N-dealkylation sites (tertiary alicyclic amines) is 1. The van der Waals surface area contributed by atoms with Gasteiger partial charge in [-0.15, -0.1) is 11.3 Å². The molecule has 1 atom stereocenters. The average Bonchev–Trinajstić information content (AvgIpc) is 2.64. The second kappa shape index (κ2) is 5.20. The SMILES string of the molecule is Cc1cc(CNC2CCC(=O)N(C)C2=O)c(C)s1. The zero-order valence-corrected chi connectivity index (χ0v) is 11.8. The molecule has 0 aromatic carbocycles. The predicted octanol–water partition coefficient (Wildman–Crippen LogP) is 1.60. The summed E-state index contributed by atoms with van der Waals surface area (Å²) in [7, 11) is 1.55. The summed E-state index contributed by atoms with van der Waals surface area (Å²) in [6, 6.07) is 1.92. The van der Waals surface area contributed by atoms with Crippen LogP contribution in [0.1, 0.15) is 28.2 Å². The predicted molar refractivity (Wildman–Crippen MR) is 71.4 cm³/mol. The number of imide groups is 1. The number of carbonyl (C=O) groups is 2. The molecular weight excluding hydrogens is 248 g/mol. The lowest BCUT2D eigenvalue weighted by Gasteiger charge is -2.28. The van der Waals surface area contributed by atoms with Crippen LogP contribution in [-0.4, -0.2) is 29.8 Å². The first kappa shape index (κ1) is 13.2. The van der Waals surface area contributed by atoms with E-state index in [0.29, 0.717) is 19.4 Å².